The predicted octanol–water partition coefficient (Wildman–Crippen LogP) is 0.901. The third-order valence-electron chi connectivity index (χ3n) is 1.93. The number of methoxy groups -OCH3 is 1. The molecule has 0 spiro atoms. The molecular formula is C8H9NO3. The van der Waals surface area contributed by atoms with Gasteiger partial charge in [-0.25, -0.2) is 4.79 Å². The van der Waals surface area contributed by atoms with E-state index in [-0.39, 0.29) is 0 Å². The van der Waals surface area contributed by atoms with Crippen molar-refractivity contribution in [1.82, 2.24) is 4.98 Å². The molecule has 0 aromatic carbocycles. The number of H-pyrrole nitrogens is 1. The van der Waals surface area contributed by atoms with Crippen LogP contribution in [0.25, 0.3) is 6.08 Å². The zero-order chi connectivity index (χ0) is 8.55. The second-order valence-corrected chi connectivity index (χ2v) is 2.67. The molecule has 0 saturated heterocycles. The zero-order valence-corrected chi connectivity index (χ0v) is 6.72. The van der Waals surface area contributed by atoms with Crippen LogP contribution in [0.2, 0.25) is 0 Å². The lowest BCUT2D eigenvalue weighted by Crippen LogP contribution is -2.00. The molecule has 0 aliphatic heterocycles. The minimum atomic E-state index is -0.395. The van der Waals surface area contributed by atoms with E-state index in [2.05, 4.69) is 4.98 Å². The highest BCUT2D eigenvalue weighted by atomic mass is 16.5. The maximum Gasteiger partial charge on any atom is 0.417 e. The quantitative estimate of drug-likeness (QED) is 0.676. The Bertz CT molecular complexity index is 372. The maximum absolute atomic E-state index is 10.8. The Hall–Kier alpha value is -1.45. The number of oxazole rings is 1. The van der Waals surface area contributed by atoms with Gasteiger partial charge in [0.2, 0.25) is 0 Å². The van der Waals surface area contributed by atoms with Gasteiger partial charge in [0.25, 0.3) is 0 Å². The summed E-state index contributed by atoms with van der Waals surface area (Å²) >= 11 is 0. The normalized spacial score (nSPS) is 15.2. The number of hydrogen-bond donors (Lipinski definition) is 1. The van der Waals surface area contributed by atoms with E-state index in [1.807, 2.05) is 0 Å². The minimum Gasteiger partial charge on any atom is -0.501 e. The molecule has 1 aliphatic carbocycles. The summed E-state index contributed by atoms with van der Waals surface area (Å²) in [5, 5.41) is 0. The number of hydrogen-bond acceptors (Lipinski definition) is 3. The van der Waals surface area contributed by atoms with E-state index in [0.29, 0.717) is 5.76 Å². The van der Waals surface area contributed by atoms with E-state index < -0.39 is 5.76 Å². The number of aromatic amines is 1. The van der Waals surface area contributed by atoms with Crippen LogP contribution in [-0.2, 0) is 11.2 Å². The highest BCUT2D eigenvalue weighted by Crippen LogP contribution is 2.21. The molecule has 12 heavy (non-hydrogen) atoms. The molecule has 0 fully saturated rings. The van der Waals surface area contributed by atoms with Crippen molar-refractivity contribution in [2.75, 3.05) is 7.11 Å². The third kappa shape index (κ3) is 1.05. The minimum absolute atomic E-state index is 0.395. The number of allylic oxidation sites excluding steroid dienone is 1. The molecule has 0 saturated carbocycles. The third-order valence-corrected chi connectivity index (χ3v) is 1.93. The lowest BCUT2D eigenvalue weighted by Gasteiger charge is -2.09. The lowest BCUT2D eigenvalue weighted by atomic mass is 10.1. The Morgan fingerprint density at radius 3 is 3.17 bits per heavy atom. The van der Waals surface area contributed by atoms with Gasteiger partial charge >= 0.3 is 5.76 Å². The molecule has 1 aliphatic rings. The first kappa shape index (κ1) is 7.21. The van der Waals surface area contributed by atoms with Crippen molar-refractivity contribution in [3.8, 4) is 0 Å². The van der Waals surface area contributed by atoms with Crippen molar-refractivity contribution < 1.29 is 9.15 Å². The molecule has 1 aromatic rings. The van der Waals surface area contributed by atoms with Gasteiger partial charge in [-0.1, -0.05) is 0 Å². The van der Waals surface area contributed by atoms with Gasteiger partial charge in [0.15, 0.2) is 5.76 Å². The second-order valence-electron chi connectivity index (χ2n) is 2.67. The molecule has 0 atom stereocenters. The number of aromatic nitrogens is 1. The van der Waals surface area contributed by atoms with Gasteiger partial charge in [-0.2, -0.15) is 0 Å². The molecular weight excluding hydrogens is 158 g/mol. The van der Waals surface area contributed by atoms with Crippen LogP contribution >= 0.6 is 0 Å². The van der Waals surface area contributed by atoms with E-state index in [9.17, 15) is 4.79 Å². The smallest absolute Gasteiger partial charge is 0.417 e. The van der Waals surface area contributed by atoms with Crippen LogP contribution in [0.5, 0.6) is 0 Å². The van der Waals surface area contributed by atoms with Gasteiger partial charge in [-0.3, -0.25) is 4.98 Å². The van der Waals surface area contributed by atoms with Crippen LogP contribution in [0.15, 0.2) is 15.0 Å². The zero-order valence-electron chi connectivity index (χ0n) is 6.72. The largest absolute Gasteiger partial charge is 0.501 e. The number of fused-ring (bicyclic) bond motifs is 1. The Kier molecular flexibility index (Phi) is 1.53. The van der Waals surface area contributed by atoms with E-state index in [1.165, 1.54) is 0 Å². The van der Waals surface area contributed by atoms with Gasteiger partial charge in [-0.15, -0.1) is 0 Å². The van der Waals surface area contributed by atoms with E-state index in [4.69, 9.17) is 9.15 Å². The standard InChI is InChI=1S/C8H9NO3/c1-11-5-2-3-6-7(4-5)12-8(10)9-6/h4H,2-3H2,1H3,(H,9,10). The molecule has 0 unspecified atom stereocenters. The monoisotopic (exact) mass is 167 g/mol. The molecule has 0 radical (unpaired) electrons. The fourth-order valence-electron chi connectivity index (χ4n) is 1.30. The lowest BCUT2D eigenvalue weighted by molar-refractivity contribution is 0.278. The molecule has 0 bridgehead atoms. The molecule has 64 valence electrons. The summed E-state index contributed by atoms with van der Waals surface area (Å²) in [7, 11) is 1.61. The first-order valence-corrected chi connectivity index (χ1v) is 3.76. The van der Waals surface area contributed by atoms with Crippen molar-refractivity contribution in [1.29, 1.82) is 0 Å². The summed E-state index contributed by atoms with van der Waals surface area (Å²) in [6.07, 6.45) is 3.34. The maximum atomic E-state index is 10.8. The second kappa shape index (κ2) is 2.55. The van der Waals surface area contributed by atoms with Crippen molar-refractivity contribution in [3.63, 3.8) is 0 Å². The average Bonchev–Trinajstić information content (AvgIpc) is 2.43. The summed E-state index contributed by atoms with van der Waals surface area (Å²) in [6.45, 7) is 0. The van der Waals surface area contributed by atoms with Crippen LogP contribution in [0.1, 0.15) is 17.9 Å². The molecule has 4 heteroatoms. The van der Waals surface area contributed by atoms with Crippen molar-refractivity contribution in [3.05, 3.63) is 27.8 Å². The van der Waals surface area contributed by atoms with Crippen molar-refractivity contribution >= 4 is 6.08 Å². The van der Waals surface area contributed by atoms with E-state index in [1.54, 1.807) is 13.2 Å². The topological polar surface area (TPSA) is 55.2 Å². The highest BCUT2D eigenvalue weighted by Gasteiger charge is 2.14. The average molecular weight is 167 g/mol. The van der Waals surface area contributed by atoms with Crippen molar-refractivity contribution in [2.24, 2.45) is 0 Å². The summed E-state index contributed by atoms with van der Waals surface area (Å²) in [5.74, 6) is 1.06. The number of ether oxygens (including phenoxy) is 1. The number of aryl methyl sites for hydroxylation is 1. The summed E-state index contributed by atoms with van der Waals surface area (Å²) in [4.78, 5) is 13.4. The van der Waals surface area contributed by atoms with Crippen LogP contribution in [-0.4, -0.2) is 12.1 Å². The van der Waals surface area contributed by atoms with Gasteiger partial charge < -0.3 is 9.15 Å². The van der Waals surface area contributed by atoms with Crippen LogP contribution in [0, 0.1) is 0 Å². The Labute approximate surface area is 68.8 Å². The number of nitrogens with one attached hydrogen (secondary N) is 1. The molecule has 2 rings (SSSR count). The first-order valence-electron chi connectivity index (χ1n) is 3.76. The Balaban J connectivity index is 2.46. The Morgan fingerprint density at radius 2 is 2.42 bits per heavy atom. The molecule has 1 aromatic heterocycles. The van der Waals surface area contributed by atoms with Crippen LogP contribution in [0.4, 0.5) is 0 Å². The predicted molar refractivity (Wildman–Crippen MR) is 42.6 cm³/mol. The van der Waals surface area contributed by atoms with E-state index in [0.717, 1.165) is 24.3 Å². The highest BCUT2D eigenvalue weighted by molar-refractivity contribution is 5.50. The van der Waals surface area contributed by atoms with Gasteiger partial charge in [0.1, 0.15) is 0 Å². The summed E-state index contributed by atoms with van der Waals surface area (Å²) < 4.78 is 9.91. The van der Waals surface area contributed by atoms with Gasteiger partial charge in [0.05, 0.1) is 18.6 Å². The van der Waals surface area contributed by atoms with Crippen LogP contribution < -0.4 is 5.76 Å². The molecule has 1 heterocycles. The Morgan fingerprint density at radius 1 is 1.58 bits per heavy atom. The van der Waals surface area contributed by atoms with Crippen molar-refractivity contribution in [2.45, 2.75) is 12.8 Å². The number of rotatable bonds is 1. The van der Waals surface area contributed by atoms with E-state index >= 15 is 0 Å². The molecule has 1 N–H and O–H groups in total. The molecule has 0 amide bonds. The fourth-order valence-corrected chi connectivity index (χ4v) is 1.30. The van der Waals surface area contributed by atoms with Gasteiger partial charge in [-0.05, 0) is 6.42 Å². The fraction of sp³-hybridized carbons (Fsp3) is 0.375. The van der Waals surface area contributed by atoms with Crippen LogP contribution in [0.3, 0.4) is 0 Å². The molecule has 4 nitrogen and oxygen atoms in total. The van der Waals surface area contributed by atoms with Gasteiger partial charge in [0, 0.05) is 12.5 Å². The SMILES string of the molecule is COC1=Cc2oc(=O)[nH]c2CC1. The first-order chi connectivity index (χ1) is 5.79. The summed E-state index contributed by atoms with van der Waals surface area (Å²) in [6, 6.07) is 0. The summed E-state index contributed by atoms with van der Waals surface area (Å²) in [5.41, 5.74) is 0.862.